The summed E-state index contributed by atoms with van der Waals surface area (Å²) in [7, 11) is 0. The van der Waals surface area contributed by atoms with Gasteiger partial charge in [0.05, 0.1) is 0 Å². The summed E-state index contributed by atoms with van der Waals surface area (Å²) in [5, 5.41) is 44.6. The summed E-state index contributed by atoms with van der Waals surface area (Å²) in [6.07, 6.45) is 13.0. The van der Waals surface area contributed by atoms with Crippen molar-refractivity contribution in [3.8, 4) is 23.0 Å². The van der Waals surface area contributed by atoms with Gasteiger partial charge in [-0.3, -0.25) is 9.59 Å². The molecular formula is C36H46N2O7. The second-order valence-corrected chi connectivity index (χ2v) is 14.7. The Morgan fingerprint density at radius 1 is 0.711 bits per heavy atom. The van der Waals surface area contributed by atoms with E-state index >= 15 is 0 Å². The Balaban J connectivity index is 1.06. The van der Waals surface area contributed by atoms with E-state index in [-0.39, 0.29) is 56.5 Å². The van der Waals surface area contributed by atoms with Gasteiger partial charge in [0.15, 0.2) is 23.0 Å². The highest BCUT2D eigenvalue weighted by Crippen LogP contribution is 2.91. The number of benzene rings is 2. The van der Waals surface area contributed by atoms with Gasteiger partial charge in [0, 0.05) is 32.4 Å². The molecule has 5 unspecified atom stereocenters. The smallest absolute Gasteiger partial charge is 0.220 e. The van der Waals surface area contributed by atoms with E-state index in [1.54, 1.807) is 12.1 Å². The largest absolute Gasteiger partial charge is 0.504 e. The van der Waals surface area contributed by atoms with Crippen LogP contribution in [0.3, 0.4) is 0 Å². The SMILES string of the molecule is O=CCCC12CC3CC4(CCC(=O)NCCc5ccc(O)c(O)c5)CC(CCC(=O)NCCc5ccc(O)c(O)c5)(C1)C4(C3)C2. The molecule has 0 aromatic heterocycles. The Hall–Kier alpha value is -3.75. The highest BCUT2D eigenvalue weighted by atomic mass is 16.3. The van der Waals surface area contributed by atoms with Crippen molar-refractivity contribution < 1.29 is 34.8 Å². The monoisotopic (exact) mass is 618 g/mol. The van der Waals surface area contributed by atoms with Crippen LogP contribution in [0.1, 0.15) is 88.2 Å². The van der Waals surface area contributed by atoms with Gasteiger partial charge in [0.25, 0.3) is 0 Å². The van der Waals surface area contributed by atoms with Gasteiger partial charge in [-0.05, 0) is 134 Å². The molecule has 0 saturated heterocycles. The minimum Gasteiger partial charge on any atom is -0.504 e. The van der Waals surface area contributed by atoms with E-state index in [2.05, 4.69) is 10.6 Å². The molecule has 4 aliphatic rings. The van der Waals surface area contributed by atoms with Crippen molar-refractivity contribution in [1.82, 2.24) is 10.6 Å². The van der Waals surface area contributed by atoms with Gasteiger partial charge in [-0.15, -0.1) is 0 Å². The zero-order chi connectivity index (χ0) is 31.9. The number of phenols is 4. The second-order valence-electron chi connectivity index (χ2n) is 14.7. The predicted octanol–water partition coefficient (Wildman–Crippen LogP) is 5.02. The van der Waals surface area contributed by atoms with Crippen LogP contribution in [0, 0.1) is 27.6 Å². The minimum atomic E-state index is -0.163. The Kier molecular flexibility index (Phi) is 8.25. The molecule has 5 atom stereocenters. The number of fused-ring (bicyclic) bond motifs is 2. The molecule has 4 fully saturated rings. The van der Waals surface area contributed by atoms with E-state index in [0.717, 1.165) is 68.8 Å². The molecule has 45 heavy (non-hydrogen) atoms. The number of aldehydes is 1. The zero-order valence-corrected chi connectivity index (χ0v) is 25.9. The van der Waals surface area contributed by atoms with Crippen LogP contribution in [0.4, 0.5) is 0 Å². The van der Waals surface area contributed by atoms with Gasteiger partial charge in [0.2, 0.25) is 11.8 Å². The number of hydrogen-bond acceptors (Lipinski definition) is 7. The van der Waals surface area contributed by atoms with Crippen LogP contribution < -0.4 is 10.6 Å². The molecule has 0 heterocycles. The summed E-state index contributed by atoms with van der Waals surface area (Å²) in [6.45, 7) is 0.922. The van der Waals surface area contributed by atoms with Crippen molar-refractivity contribution in [3.05, 3.63) is 47.5 Å². The Labute approximate surface area is 264 Å². The Morgan fingerprint density at radius 3 is 1.84 bits per heavy atom. The fraction of sp³-hybridized carbons (Fsp3) is 0.583. The van der Waals surface area contributed by atoms with Crippen molar-refractivity contribution >= 4 is 18.1 Å². The average Bonchev–Trinajstić information content (AvgIpc) is 3.29. The van der Waals surface area contributed by atoms with Crippen LogP contribution in [0.5, 0.6) is 23.0 Å². The highest BCUT2D eigenvalue weighted by molar-refractivity contribution is 5.76. The topological polar surface area (TPSA) is 156 Å². The predicted molar refractivity (Wildman–Crippen MR) is 168 cm³/mol. The summed E-state index contributed by atoms with van der Waals surface area (Å²) in [5.41, 5.74) is 2.19. The summed E-state index contributed by atoms with van der Waals surface area (Å²) in [5.74, 6) is 0.0453. The molecule has 6 N–H and O–H groups in total. The summed E-state index contributed by atoms with van der Waals surface area (Å²) in [6, 6.07) is 9.42. The molecule has 2 amide bonds. The molecule has 2 aromatic rings. The van der Waals surface area contributed by atoms with Gasteiger partial charge < -0.3 is 35.9 Å². The van der Waals surface area contributed by atoms with Crippen LogP contribution in [0.2, 0.25) is 0 Å². The fourth-order valence-electron chi connectivity index (χ4n) is 10.8. The first-order chi connectivity index (χ1) is 21.5. The standard InChI is InChI=1S/C36H46N2O7/c39-15-1-10-33-18-26-19-34(11-6-31(44)37-13-8-24-2-4-27(40)29(42)16-24)23-35(21-33,36(34,20-26)22-33)12-7-32(45)38-14-9-25-3-5-28(41)30(43)17-25/h2-5,15-17,26,40-43H,1,6-14,18-23H2,(H,37,44)(H,38,45). The number of carbonyl (C=O) groups excluding carboxylic acids is 3. The number of rotatable bonds is 15. The van der Waals surface area contributed by atoms with Gasteiger partial charge in [0.1, 0.15) is 6.29 Å². The van der Waals surface area contributed by atoms with Crippen LogP contribution in [-0.4, -0.2) is 51.6 Å². The molecule has 0 aliphatic heterocycles. The van der Waals surface area contributed by atoms with E-state index in [4.69, 9.17) is 0 Å². The highest BCUT2D eigenvalue weighted by Gasteiger charge is 2.82. The number of nitrogens with one attached hydrogen (secondary N) is 2. The molecule has 9 heteroatoms. The van der Waals surface area contributed by atoms with Gasteiger partial charge in [-0.25, -0.2) is 0 Å². The van der Waals surface area contributed by atoms with Crippen molar-refractivity contribution in [2.75, 3.05) is 13.1 Å². The molecule has 1 spiro atoms. The maximum Gasteiger partial charge on any atom is 0.220 e. The average molecular weight is 619 g/mol. The number of phenolic OH excluding ortho intramolecular Hbond substituents is 4. The minimum absolute atomic E-state index is 0.0283. The molecule has 3 bridgehead atoms. The van der Waals surface area contributed by atoms with Gasteiger partial charge in [-0.1, -0.05) is 12.1 Å². The van der Waals surface area contributed by atoms with E-state index in [0.29, 0.717) is 51.1 Å². The first-order valence-corrected chi connectivity index (χ1v) is 16.5. The van der Waals surface area contributed by atoms with E-state index in [1.165, 1.54) is 30.7 Å². The van der Waals surface area contributed by atoms with Crippen molar-refractivity contribution in [3.63, 3.8) is 0 Å². The summed E-state index contributed by atoms with van der Waals surface area (Å²) < 4.78 is 0. The van der Waals surface area contributed by atoms with Crippen LogP contribution in [-0.2, 0) is 27.2 Å². The molecule has 6 rings (SSSR count). The quantitative estimate of drug-likeness (QED) is 0.121. The molecular weight excluding hydrogens is 572 g/mol. The molecule has 4 saturated carbocycles. The van der Waals surface area contributed by atoms with E-state index in [1.807, 2.05) is 0 Å². The normalized spacial score (nSPS) is 30.4. The maximum atomic E-state index is 13.0. The van der Waals surface area contributed by atoms with Gasteiger partial charge in [-0.2, -0.15) is 0 Å². The number of carbonyl (C=O) groups is 3. The lowest BCUT2D eigenvalue weighted by molar-refractivity contribution is -0.189. The summed E-state index contributed by atoms with van der Waals surface area (Å²) in [4.78, 5) is 37.4. The molecule has 242 valence electrons. The van der Waals surface area contributed by atoms with Crippen molar-refractivity contribution in [2.45, 2.75) is 89.9 Å². The Bertz CT molecular complexity index is 1480. The first-order valence-electron chi connectivity index (χ1n) is 16.5. The van der Waals surface area contributed by atoms with Gasteiger partial charge >= 0.3 is 0 Å². The lowest BCUT2D eigenvalue weighted by Gasteiger charge is -2.67. The lowest BCUT2D eigenvalue weighted by Crippen LogP contribution is -2.60. The van der Waals surface area contributed by atoms with Crippen LogP contribution >= 0.6 is 0 Å². The van der Waals surface area contributed by atoms with Crippen LogP contribution in [0.25, 0.3) is 0 Å². The van der Waals surface area contributed by atoms with Crippen molar-refractivity contribution in [2.24, 2.45) is 27.6 Å². The Morgan fingerprint density at radius 2 is 1.29 bits per heavy atom. The third kappa shape index (κ3) is 5.63. The first kappa shape index (κ1) is 31.2. The fourth-order valence-corrected chi connectivity index (χ4v) is 10.8. The third-order valence-electron chi connectivity index (χ3n) is 12.1. The molecule has 2 aromatic carbocycles. The molecule has 4 aliphatic carbocycles. The number of amides is 2. The summed E-state index contributed by atoms with van der Waals surface area (Å²) >= 11 is 0. The van der Waals surface area contributed by atoms with E-state index in [9.17, 15) is 34.8 Å². The maximum absolute atomic E-state index is 13.0. The molecule has 0 radical (unpaired) electrons. The zero-order valence-electron chi connectivity index (χ0n) is 25.9. The molecule has 9 nitrogen and oxygen atoms in total. The number of hydrogen-bond donors (Lipinski definition) is 6. The lowest BCUT2D eigenvalue weighted by atomic mass is 9.37. The second kappa shape index (κ2) is 11.9. The van der Waals surface area contributed by atoms with Crippen LogP contribution in [0.15, 0.2) is 36.4 Å². The van der Waals surface area contributed by atoms with Crippen molar-refractivity contribution in [1.29, 1.82) is 0 Å². The third-order valence-corrected chi connectivity index (χ3v) is 12.1. The number of aromatic hydroxyl groups is 4. The van der Waals surface area contributed by atoms with E-state index < -0.39 is 0 Å².